The Labute approximate surface area is 101 Å². The van der Waals surface area contributed by atoms with Crippen molar-refractivity contribution in [2.75, 3.05) is 19.8 Å². The van der Waals surface area contributed by atoms with Crippen molar-refractivity contribution in [2.45, 2.75) is 38.1 Å². The number of amides is 1. The predicted octanol–water partition coefficient (Wildman–Crippen LogP) is 0.879. The van der Waals surface area contributed by atoms with Crippen LogP contribution in [0.2, 0.25) is 0 Å². The molecule has 0 aromatic rings. The molecule has 0 bridgehead atoms. The molecule has 17 heavy (non-hydrogen) atoms. The number of morpholine rings is 1. The van der Waals surface area contributed by atoms with E-state index in [1.807, 2.05) is 0 Å². The highest BCUT2D eigenvalue weighted by molar-refractivity contribution is 5.84. The number of hydrogen-bond acceptors (Lipinski definition) is 3. The van der Waals surface area contributed by atoms with Crippen LogP contribution in [-0.4, -0.2) is 47.7 Å². The first-order chi connectivity index (χ1) is 8.18. The van der Waals surface area contributed by atoms with Crippen LogP contribution in [0, 0.1) is 5.92 Å². The molecule has 0 spiro atoms. The molecule has 5 nitrogen and oxygen atoms in total. The number of ether oxygens (including phenoxy) is 1. The van der Waals surface area contributed by atoms with Crippen LogP contribution in [0.5, 0.6) is 0 Å². The molecule has 1 saturated heterocycles. The first-order valence-electron chi connectivity index (χ1n) is 6.28. The third-order valence-corrected chi connectivity index (χ3v) is 3.67. The van der Waals surface area contributed by atoms with Crippen molar-refractivity contribution in [1.82, 2.24) is 4.90 Å². The first-order valence-corrected chi connectivity index (χ1v) is 6.28. The average molecular weight is 241 g/mol. The van der Waals surface area contributed by atoms with Gasteiger partial charge in [-0.1, -0.05) is 12.8 Å². The lowest BCUT2D eigenvalue weighted by molar-refractivity contribution is -0.158. The largest absolute Gasteiger partial charge is 0.480 e. The number of aliphatic carboxylic acids is 1. The summed E-state index contributed by atoms with van der Waals surface area (Å²) in [5.41, 5.74) is 0. The minimum atomic E-state index is -0.968. The van der Waals surface area contributed by atoms with Crippen molar-refractivity contribution < 1.29 is 19.4 Å². The Bertz CT molecular complexity index is 299. The maximum absolute atomic E-state index is 12.1. The van der Waals surface area contributed by atoms with E-state index in [0.29, 0.717) is 25.5 Å². The number of hydrogen-bond donors (Lipinski definition) is 1. The molecule has 1 atom stereocenters. The van der Waals surface area contributed by atoms with Gasteiger partial charge in [0.05, 0.1) is 13.2 Å². The molecule has 1 aliphatic heterocycles. The molecule has 0 radical (unpaired) electrons. The maximum atomic E-state index is 12.1. The van der Waals surface area contributed by atoms with Crippen LogP contribution in [0.4, 0.5) is 0 Å². The van der Waals surface area contributed by atoms with Crippen molar-refractivity contribution in [3.05, 3.63) is 0 Å². The van der Waals surface area contributed by atoms with Gasteiger partial charge in [0, 0.05) is 13.0 Å². The van der Waals surface area contributed by atoms with Gasteiger partial charge in [-0.3, -0.25) is 4.79 Å². The van der Waals surface area contributed by atoms with Crippen LogP contribution >= 0.6 is 0 Å². The van der Waals surface area contributed by atoms with Gasteiger partial charge in [-0.05, 0) is 18.8 Å². The van der Waals surface area contributed by atoms with E-state index in [4.69, 9.17) is 9.84 Å². The van der Waals surface area contributed by atoms with E-state index < -0.39 is 12.0 Å². The van der Waals surface area contributed by atoms with Gasteiger partial charge in [0.2, 0.25) is 5.91 Å². The van der Waals surface area contributed by atoms with Crippen LogP contribution in [0.15, 0.2) is 0 Å². The minimum absolute atomic E-state index is 0.0207. The lowest BCUT2D eigenvalue weighted by atomic mass is 10.0. The van der Waals surface area contributed by atoms with Crippen LogP contribution in [-0.2, 0) is 14.3 Å². The van der Waals surface area contributed by atoms with Gasteiger partial charge in [-0.2, -0.15) is 0 Å². The highest BCUT2D eigenvalue weighted by atomic mass is 16.5. The smallest absolute Gasteiger partial charge is 0.328 e. The van der Waals surface area contributed by atoms with Gasteiger partial charge < -0.3 is 14.7 Å². The van der Waals surface area contributed by atoms with Gasteiger partial charge >= 0.3 is 5.97 Å². The Kier molecular flexibility index (Phi) is 3.99. The summed E-state index contributed by atoms with van der Waals surface area (Å²) in [6.07, 6.45) is 5.11. The number of nitrogens with zero attached hydrogens (tertiary/aromatic N) is 1. The van der Waals surface area contributed by atoms with Crippen molar-refractivity contribution in [3.8, 4) is 0 Å². The Morgan fingerprint density at radius 1 is 1.29 bits per heavy atom. The monoisotopic (exact) mass is 241 g/mol. The van der Waals surface area contributed by atoms with Gasteiger partial charge in [0.1, 0.15) is 0 Å². The number of rotatable bonds is 3. The van der Waals surface area contributed by atoms with Crippen LogP contribution in [0.3, 0.4) is 0 Å². The summed E-state index contributed by atoms with van der Waals surface area (Å²) in [4.78, 5) is 24.6. The highest BCUT2D eigenvalue weighted by Crippen LogP contribution is 2.28. The van der Waals surface area contributed by atoms with Crippen LogP contribution in [0.25, 0.3) is 0 Å². The topological polar surface area (TPSA) is 66.8 Å². The zero-order valence-corrected chi connectivity index (χ0v) is 9.93. The molecule has 2 rings (SSSR count). The zero-order valence-electron chi connectivity index (χ0n) is 9.93. The third-order valence-electron chi connectivity index (χ3n) is 3.67. The molecule has 1 saturated carbocycles. The van der Waals surface area contributed by atoms with Crippen molar-refractivity contribution >= 4 is 11.9 Å². The normalized spacial score (nSPS) is 26.1. The molecule has 2 fully saturated rings. The molecule has 1 amide bonds. The number of carbonyl (C=O) groups is 2. The standard InChI is InChI=1S/C12H19NO4/c14-11(7-9-3-1-2-4-9)13-5-6-17-8-10(13)12(15)16/h9-10H,1-8H2,(H,15,16). The molecule has 96 valence electrons. The molecule has 0 aromatic carbocycles. The molecule has 0 aromatic heterocycles. The maximum Gasteiger partial charge on any atom is 0.328 e. The summed E-state index contributed by atoms with van der Waals surface area (Å²) in [5.74, 6) is -0.531. The van der Waals surface area contributed by atoms with Crippen LogP contribution < -0.4 is 0 Å². The number of carboxylic acid groups (broad SMARTS) is 1. The van der Waals surface area contributed by atoms with E-state index in [-0.39, 0.29) is 12.5 Å². The van der Waals surface area contributed by atoms with E-state index >= 15 is 0 Å². The predicted molar refractivity (Wildman–Crippen MR) is 60.5 cm³/mol. The quantitative estimate of drug-likeness (QED) is 0.796. The molecule has 1 unspecified atom stereocenters. The van der Waals surface area contributed by atoms with Crippen molar-refractivity contribution in [1.29, 1.82) is 0 Å². The fourth-order valence-corrected chi connectivity index (χ4v) is 2.69. The summed E-state index contributed by atoms with van der Waals surface area (Å²) in [6, 6.07) is -0.794. The second kappa shape index (κ2) is 5.49. The lowest BCUT2D eigenvalue weighted by Gasteiger charge is -2.33. The third kappa shape index (κ3) is 2.97. The van der Waals surface area contributed by atoms with Crippen molar-refractivity contribution in [3.63, 3.8) is 0 Å². The minimum Gasteiger partial charge on any atom is -0.480 e. The number of carbonyl (C=O) groups excluding carboxylic acids is 1. The van der Waals surface area contributed by atoms with Gasteiger partial charge in [0.25, 0.3) is 0 Å². The molecular weight excluding hydrogens is 222 g/mol. The molecule has 2 aliphatic rings. The molecule has 1 heterocycles. The highest BCUT2D eigenvalue weighted by Gasteiger charge is 2.33. The first kappa shape index (κ1) is 12.4. The van der Waals surface area contributed by atoms with Gasteiger partial charge in [-0.25, -0.2) is 4.79 Å². The second-order valence-corrected chi connectivity index (χ2v) is 4.87. The zero-order chi connectivity index (χ0) is 12.3. The van der Waals surface area contributed by atoms with Crippen LogP contribution in [0.1, 0.15) is 32.1 Å². The summed E-state index contributed by atoms with van der Waals surface area (Å²) in [7, 11) is 0. The van der Waals surface area contributed by atoms with E-state index in [1.54, 1.807) is 0 Å². The Morgan fingerprint density at radius 3 is 2.65 bits per heavy atom. The van der Waals surface area contributed by atoms with E-state index in [2.05, 4.69) is 0 Å². The molecule has 5 heteroatoms. The summed E-state index contributed by atoms with van der Waals surface area (Å²) in [6.45, 7) is 0.967. The molecule has 1 N–H and O–H groups in total. The molecular formula is C12H19NO4. The van der Waals surface area contributed by atoms with E-state index in [0.717, 1.165) is 12.8 Å². The Morgan fingerprint density at radius 2 is 2.00 bits per heavy atom. The molecule has 1 aliphatic carbocycles. The number of carboxylic acids is 1. The Balaban J connectivity index is 1.93. The van der Waals surface area contributed by atoms with Crippen molar-refractivity contribution in [2.24, 2.45) is 5.92 Å². The summed E-state index contributed by atoms with van der Waals surface area (Å²) >= 11 is 0. The fraction of sp³-hybridized carbons (Fsp3) is 0.833. The van der Waals surface area contributed by atoms with Gasteiger partial charge in [-0.15, -0.1) is 0 Å². The lowest BCUT2D eigenvalue weighted by Crippen LogP contribution is -2.52. The van der Waals surface area contributed by atoms with Gasteiger partial charge in [0.15, 0.2) is 6.04 Å². The van der Waals surface area contributed by atoms with E-state index in [1.165, 1.54) is 17.7 Å². The summed E-state index contributed by atoms with van der Waals surface area (Å²) < 4.78 is 5.12. The second-order valence-electron chi connectivity index (χ2n) is 4.87. The Hall–Kier alpha value is -1.10. The SMILES string of the molecule is O=C(O)C1COCCN1C(=O)CC1CCCC1. The van der Waals surface area contributed by atoms with E-state index in [9.17, 15) is 9.59 Å². The fourth-order valence-electron chi connectivity index (χ4n) is 2.69. The summed E-state index contributed by atoms with van der Waals surface area (Å²) in [5, 5.41) is 9.04. The average Bonchev–Trinajstić information content (AvgIpc) is 2.81.